The van der Waals surface area contributed by atoms with E-state index in [4.69, 9.17) is 9.15 Å². The topological polar surface area (TPSA) is 34.4 Å². The van der Waals surface area contributed by atoms with Crippen molar-refractivity contribution in [3.63, 3.8) is 0 Å². The molecular formula is C16H17NO2S. The van der Waals surface area contributed by atoms with Crippen molar-refractivity contribution in [2.24, 2.45) is 0 Å². The van der Waals surface area contributed by atoms with E-state index in [1.807, 2.05) is 24.6 Å². The molecule has 1 atom stereocenters. The van der Waals surface area contributed by atoms with Crippen LogP contribution in [-0.4, -0.2) is 14.2 Å². The number of fused-ring (bicyclic) bond motifs is 1. The number of ether oxygens (including phenoxy) is 1. The molecule has 0 saturated carbocycles. The molecule has 20 heavy (non-hydrogen) atoms. The summed E-state index contributed by atoms with van der Waals surface area (Å²) in [5.41, 5.74) is 2.15. The third-order valence-electron chi connectivity index (χ3n) is 3.40. The van der Waals surface area contributed by atoms with Gasteiger partial charge in [-0.1, -0.05) is 11.6 Å². The van der Waals surface area contributed by atoms with Gasteiger partial charge in [0.05, 0.1) is 12.0 Å². The summed E-state index contributed by atoms with van der Waals surface area (Å²) in [6, 6.07) is 10.3. The van der Waals surface area contributed by atoms with E-state index in [9.17, 15) is 0 Å². The maximum Gasteiger partial charge on any atom is 0.134 e. The third-order valence-corrected chi connectivity index (χ3v) is 4.37. The van der Waals surface area contributed by atoms with Crippen LogP contribution < -0.4 is 10.1 Å². The second-order valence-electron chi connectivity index (χ2n) is 4.76. The van der Waals surface area contributed by atoms with E-state index in [-0.39, 0.29) is 6.04 Å². The van der Waals surface area contributed by atoms with E-state index in [0.29, 0.717) is 0 Å². The Morgan fingerprint density at radius 1 is 1.25 bits per heavy atom. The maximum absolute atomic E-state index is 5.99. The standard InChI is InChI=1S/C16H17NO2S/c1-10-4-5-12-11(8-10)9-14(19-12)15(17-2)16-13(18-3)6-7-20-16/h4-9,15,17H,1-3H3. The zero-order valence-electron chi connectivity index (χ0n) is 11.8. The predicted molar refractivity (Wildman–Crippen MR) is 82.7 cm³/mol. The van der Waals surface area contributed by atoms with Gasteiger partial charge in [-0.3, -0.25) is 0 Å². The Kier molecular flexibility index (Phi) is 3.51. The normalized spacial score (nSPS) is 12.8. The zero-order valence-corrected chi connectivity index (χ0v) is 12.6. The smallest absolute Gasteiger partial charge is 0.134 e. The number of nitrogens with one attached hydrogen (secondary N) is 1. The summed E-state index contributed by atoms with van der Waals surface area (Å²) in [4.78, 5) is 1.13. The first-order chi connectivity index (χ1) is 9.72. The van der Waals surface area contributed by atoms with Gasteiger partial charge >= 0.3 is 0 Å². The second kappa shape index (κ2) is 5.31. The molecule has 1 N–H and O–H groups in total. The van der Waals surface area contributed by atoms with Crippen LogP contribution >= 0.6 is 11.3 Å². The van der Waals surface area contributed by atoms with Crippen molar-refractivity contribution in [3.8, 4) is 5.75 Å². The second-order valence-corrected chi connectivity index (χ2v) is 5.71. The summed E-state index contributed by atoms with van der Waals surface area (Å²) in [5, 5.41) is 6.48. The predicted octanol–water partition coefficient (Wildman–Crippen LogP) is 4.12. The summed E-state index contributed by atoms with van der Waals surface area (Å²) in [5.74, 6) is 1.81. The lowest BCUT2D eigenvalue weighted by atomic mass is 10.1. The number of methoxy groups -OCH3 is 1. The molecule has 0 fully saturated rings. The van der Waals surface area contributed by atoms with Crippen molar-refractivity contribution in [2.45, 2.75) is 13.0 Å². The van der Waals surface area contributed by atoms with E-state index in [1.54, 1.807) is 18.4 Å². The first kappa shape index (κ1) is 13.2. The Bertz CT molecular complexity index is 729. The van der Waals surface area contributed by atoms with Gasteiger partial charge in [-0.2, -0.15) is 0 Å². The van der Waals surface area contributed by atoms with Gasteiger partial charge in [0.25, 0.3) is 0 Å². The van der Waals surface area contributed by atoms with Crippen molar-refractivity contribution in [1.29, 1.82) is 0 Å². The molecular weight excluding hydrogens is 270 g/mol. The van der Waals surface area contributed by atoms with Crippen molar-refractivity contribution < 1.29 is 9.15 Å². The minimum absolute atomic E-state index is 0.0117. The molecule has 3 nitrogen and oxygen atoms in total. The molecule has 0 amide bonds. The number of hydrogen-bond acceptors (Lipinski definition) is 4. The number of thiophene rings is 1. The molecule has 1 unspecified atom stereocenters. The number of furan rings is 1. The highest BCUT2D eigenvalue weighted by Gasteiger charge is 2.21. The number of aryl methyl sites for hydroxylation is 1. The Hall–Kier alpha value is -1.78. The largest absolute Gasteiger partial charge is 0.496 e. The molecule has 0 aliphatic carbocycles. The lowest BCUT2D eigenvalue weighted by molar-refractivity contribution is 0.403. The van der Waals surface area contributed by atoms with Crippen LogP contribution in [0.5, 0.6) is 5.75 Å². The van der Waals surface area contributed by atoms with Crippen LogP contribution in [0.1, 0.15) is 22.2 Å². The fourth-order valence-electron chi connectivity index (χ4n) is 2.42. The minimum atomic E-state index is 0.0117. The summed E-state index contributed by atoms with van der Waals surface area (Å²) >= 11 is 1.67. The molecule has 0 aliphatic rings. The third kappa shape index (κ3) is 2.21. The van der Waals surface area contributed by atoms with Crippen molar-refractivity contribution >= 4 is 22.3 Å². The summed E-state index contributed by atoms with van der Waals surface area (Å²) in [7, 11) is 3.63. The summed E-state index contributed by atoms with van der Waals surface area (Å²) in [6.45, 7) is 2.09. The van der Waals surface area contributed by atoms with Crippen LogP contribution in [0.3, 0.4) is 0 Å². The molecule has 3 rings (SSSR count). The molecule has 3 aromatic rings. The SMILES string of the molecule is CNC(c1cc2cc(C)ccc2o1)c1sccc1OC. The molecule has 2 aromatic heterocycles. The van der Waals surface area contributed by atoms with Gasteiger partial charge in [0.1, 0.15) is 23.1 Å². The van der Waals surface area contributed by atoms with Crippen LogP contribution in [0.25, 0.3) is 11.0 Å². The van der Waals surface area contributed by atoms with Gasteiger partial charge in [0, 0.05) is 5.39 Å². The molecule has 0 bridgehead atoms. The molecule has 4 heteroatoms. The highest BCUT2D eigenvalue weighted by atomic mass is 32.1. The Balaban J connectivity index is 2.07. The number of hydrogen-bond donors (Lipinski definition) is 1. The van der Waals surface area contributed by atoms with Crippen molar-refractivity contribution in [1.82, 2.24) is 5.32 Å². The van der Waals surface area contributed by atoms with Crippen molar-refractivity contribution in [2.75, 3.05) is 14.2 Å². The Labute approximate surface area is 122 Å². The first-order valence-electron chi connectivity index (χ1n) is 6.51. The van der Waals surface area contributed by atoms with Gasteiger partial charge in [-0.25, -0.2) is 0 Å². The monoisotopic (exact) mass is 287 g/mol. The van der Waals surface area contributed by atoms with Gasteiger partial charge in [-0.05, 0) is 43.6 Å². The lowest BCUT2D eigenvalue weighted by Crippen LogP contribution is -2.16. The summed E-state index contributed by atoms with van der Waals surface area (Å²) < 4.78 is 11.4. The van der Waals surface area contributed by atoms with Crippen LogP contribution in [-0.2, 0) is 0 Å². The summed E-state index contributed by atoms with van der Waals surface area (Å²) in [6.07, 6.45) is 0. The van der Waals surface area contributed by atoms with Gasteiger partial charge in [0.15, 0.2) is 0 Å². The fourth-order valence-corrected chi connectivity index (χ4v) is 3.39. The zero-order chi connectivity index (χ0) is 14.1. The molecule has 2 heterocycles. The molecule has 0 saturated heterocycles. The highest BCUT2D eigenvalue weighted by molar-refractivity contribution is 7.10. The van der Waals surface area contributed by atoms with Crippen LogP contribution in [0, 0.1) is 6.92 Å². The molecule has 104 valence electrons. The quantitative estimate of drug-likeness (QED) is 0.784. The van der Waals surface area contributed by atoms with Gasteiger partial charge in [-0.15, -0.1) is 11.3 Å². The highest BCUT2D eigenvalue weighted by Crippen LogP contribution is 2.36. The first-order valence-corrected chi connectivity index (χ1v) is 7.39. The van der Waals surface area contributed by atoms with Crippen LogP contribution in [0.2, 0.25) is 0 Å². The van der Waals surface area contributed by atoms with Gasteiger partial charge in [0.2, 0.25) is 0 Å². The Morgan fingerprint density at radius 3 is 2.85 bits per heavy atom. The lowest BCUT2D eigenvalue weighted by Gasteiger charge is -2.13. The Morgan fingerprint density at radius 2 is 2.10 bits per heavy atom. The molecule has 0 aliphatic heterocycles. The van der Waals surface area contributed by atoms with E-state index < -0.39 is 0 Å². The van der Waals surface area contributed by atoms with E-state index in [2.05, 4.69) is 30.4 Å². The average molecular weight is 287 g/mol. The minimum Gasteiger partial charge on any atom is -0.496 e. The van der Waals surface area contributed by atoms with E-state index >= 15 is 0 Å². The van der Waals surface area contributed by atoms with Crippen molar-refractivity contribution in [3.05, 3.63) is 51.9 Å². The van der Waals surface area contributed by atoms with E-state index in [0.717, 1.165) is 27.4 Å². The molecule has 1 aromatic carbocycles. The maximum atomic E-state index is 5.99. The van der Waals surface area contributed by atoms with Crippen LogP contribution in [0.4, 0.5) is 0 Å². The fraction of sp³-hybridized carbons (Fsp3) is 0.250. The van der Waals surface area contributed by atoms with Crippen LogP contribution in [0.15, 0.2) is 40.1 Å². The van der Waals surface area contributed by atoms with Gasteiger partial charge < -0.3 is 14.5 Å². The molecule has 0 spiro atoms. The number of rotatable bonds is 4. The van der Waals surface area contributed by atoms with E-state index in [1.165, 1.54) is 5.56 Å². The average Bonchev–Trinajstić information content (AvgIpc) is 3.05. The number of benzene rings is 1. The molecule has 0 radical (unpaired) electrons.